The van der Waals surface area contributed by atoms with Crippen molar-refractivity contribution in [1.82, 2.24) is 20.1 Å². The van der Waals surface area contributed by atoms with Crippen LogP contribution in [0.3, 0.4) is 0 Å². The van der Waals surface area contributed by atoms with E-state index in [1.54, 1.807) is 28.1 Å². The van der Waals surface area contributed by atoms with Crippen LogP contribution >= 0.6 is 0 Å². The van der Waals surface area contributed by atoms with Crippen molar-refractivity contribution in [3.8, 4) is 0 Å². The van der Waals surface area contributed by atoms with Crippen molar-refractivity contribution in [2.24, 2.45) is 0 Å². The Kier molecular flexibility index (Phi) is 4.69. The summed E-state index contributed by atoms with van der Waals surface area (Å²) in [6.45, 7) is 2.65. The van der Waals surface area contributed by atoms with Crippen LogP contribution in [0.2, 0.25) is 0 Å². The molecule has 0 aliphatic carbocycles. The smallest absolute Gasteiger partial charge is 0.256 e. The molecule has 1 spiro atoms. The monoisotopic (exact) mass is 373 g/mol. The molecule has 1 atom stereocenters. The lowest BCUT2D eigenvalue weighted by Gasteiger charge is -2.39. The minimum Gasteiger partial charge on any atom is -0.378 e. The lowest BCUT2D eigenvalue weighted by atomic mass is 9.97. The summed E-state index contributed by atoms with van der Waals surface area (Å²) in [5, 5.41) is 6.31. The van der Waals surface area contributed by atoms with Gasteiger partial charge in [0.15, 0.2) is 0 Å². The lowest BCUT2D eigenvalue weighted by Crippen LogP contribution is -2.58. The predicted octanol–water partition coefficient (Wildman–Crippen LogP) is -0.195. The number of hydrogen-bond acceptors (Lipinski definition) is 6. The van der Waals surface area contributed by atoms with E-state index >= 15 is 0 Å². The number of ether oxygens (including phenoxy) is 1. The Hall–Kier alpha value is -2.68. The predicted molar refractivity (Wildman–Crippen MR) is 95.9 cm³/mol. The van der Waals surface area contributed by atoms with Crippen LogP contribution in [-0.2, 0) is 14.3 Å². The normalized spacial score (nSPS) is 25.5. The number of carbonyl (C=O) groups excluding carboxylic acids is 3. The number of aromatic nitrogens is 1. The molecule has 3 aliphatic rings. The molecule has 27 heavy (non-hydrogen) atoms. The van der Waals surface area contributed by atoms with Gasteiger partial charge in [-0.15, -0.1) is 0 Å². The largest absolute Gasteiger partial charge is 0.378 e. The summed E-state index contributed by atoms with van der Waals surface area (Å²) < 4.78 is 5.27. The third-order valence-corrected chi connectivity index (χ3v) is 5.38. The van der Waals surface area contributed by atoms with Crippen molar-refractivity contribution in [1.29, 1.82) is 0 Å². The van der Waals surface area contributed by atoms with E-state index in [9.17, 15) is 14.4 Å². The molecule has 1 aromatic heterocycles. The van der Waals surface area contributed by atoms with Crippen LogP contribution in [-0.4, -0.2) is 77.6 Å². The molecule has 0 bridgehead atoms. The highest BCUT2D eigenvalue weighted by Crippen LogP contribution is 2.30. The van der Waals surface area contributed by atoms with Gasteiger partial charge in [0.2, 0.25) is 11.8 Å². The summed E-state index contributed by atoms with van der Waals surface area (Å²) >= 11 is 0. The summed E-state index contributed by atoms with van der Waals surface area (Å²) in [5.41, 5.74) is -0.219. The van der Waals surface area contributed by atoms with Crippen molar-refractivity contribution in [3.63, 3.8) is 0 Å². The number of anilines is 1. The van der Waals surface area contributed by atoms with Gasteiger partial charge < -0.3 is 25.2 Å². The molecule has 0 saturated carbocycles. The van der Waals surface area contributed by atoms with Gasteiger partial charge in [-0.05, 0) is 18.6 Å². The van der Waals surface area contributed by atoms with Crippen molar-refractivity contribution >= 4 is 23.5 Å². The van der Waals surface area contributed by atoms with Crippen LogP contribution in [0.1, 0.15) is 29.6 Å². The van der Waals surface area contributed by atoms with Crippen molar-refractivity contribution in [2.45, 2.75) is 24.9 Å². The zero-order chi connectivity index (χ0) is 18.9. The average molecular weight is 373 g/mol. The molecule has 0 aromatic carbocycles. The number of carbonyl (C=O) groups is 3. The maximum atomic E-state index is 12.6. The average Bonchev–Trinajstić information content (AvgIpc) is 2.83. The van der Waals surface area contributed by atoms with Crippen LogP contribution < -0.4 is 10.6 Å². The number of fused-ring (bicyclic) bond motifs is 1. The van der Waals surface area contributed by atoms with Gasteiger partial charge in [-0.1, -0.05) is 0 Å². The Morgan fingerprint density at radius 1 is 1.19 bits per heavy atom. The second-order valence-corrected chi connectivity index (χ2v) is 7.12. The van der Waals surface area contributed by atoms with Gasteiger partial charge in [0.25, 0.3) is 5.91 Å². The van der Waals surface area contributed by atoms with Crippen LogP contribution in [0, 0.1) is 0 Å². The van der Waals surface area contributed by atoms with E-state index in [2.05, 4.69) is 15.6 Å². The Labute approximate surface area is 157 Å². The molecule has 144 valence electrons. The fourth-order valence-corrected chi connectivity index (χ4v) is 3.78. The molecule has 4 rings (SSSR count). The molecule has 9 heteroatoms. The van der Waals surface area contributed by atoms with Gasteiger partial charge in [0, 0.05) is 38.7 Å². The van der Waals surface area contributed by atoms with Gasteiger partial charge in [0.05, 0.1) is 25.3 Å². The van der Waals surface area contributed by atoms with Crippen molar-refractivity contribution in [2.75, 3.05) is 44.7 Å². The summed E-state index contributed by atoms with van der Waals surface area (Å²) in [6, 6.07) is 3.43. The minimum absolute atomic E-state index is 0.0600. The first-order chi connectivity index (χ1) is 13.1. The first-order valence-corrected chi connectivity index (χ1v) is 9.25. The number of likely N-dealkylation sites (tertiary alicyclic amines) is 1. The van der Waals surface area contributed by atoms with E-state index in [-0.39, 0.29) is 30.7 Å². The Morgan fingerprint density at radius 3 is 2.81 bits per heavy atom. The Morgan fingerprint density at radius 2 is 2.00 bits per heavy atom. The van der Waals surface area contributed by atoms with Crippen molar-refractivity contribution < 1.29 is 19.1 Å². The number of nitrogens with one attached hydrogen (secondary N) is 2. The highest BCUT2D eigenvalue weighted by molar-refractivity contribution is 6.01. The Bertz CT molecular complexity index is 764. The number of hydrogen-bond donors (Lipinski definition) is 2. The Balaban J connectivity index is 1.44. The quantitative estimate of drug-likeness (QED) is 0.744. The standard InChI is InChI=1S/C18H23N5O4/c24-14-3-4-18(20-16-13(17(26)21-18)2-1-6-19-16)5-7-23(14)12-15(25)22-8-10-27-11-9-22/h1-2,6H,3-5,7-12H2,(H,19,20)(H,21,26)/t18-/m1/s1. The highest BCUT2D eigenvalue weighted by atomic mass is 16.5. The summed E-state index contributed by atoms with van der Waals surface area (Å²) in [6.07, 6.45) is 2.85. The third-order valence-electron chi connectivity index (χ3n) is 5.38. The molecule has 1 aromatic rings. The maximum Gasteiger partial charge on any atom is 0.256 e. The van der Waals surface area contributed by atoms with E-state index in [0.29, 0.717) is 57.1 Å². The molecule has 3 amide bonds. The number of pyridine rings is 1. The molecule has 0 unspecified atom stereocenters. The molecular weight excluding hydrogens is 350 g/mol. The summed E-state index contributed by atoms with van der Waals surface area (Å²) in [5.74, 6) is 0.209. The molecular formula is C18H23N5O4. The zero-order valence-electron chi connectivity index (χ0n) is 15.1. The third kappa shape index (κ3) is 3.59. The van der Waals surface area contributed by atoms with Crippen LogP contribution in [0.25, 0.3) is 0 Å². The number of morpholine rings is 1. The van der Waals surface area contributed by atoms with E-state index < -0.39 is 5.66 Å². The fraction of sp³-hybridized carbons (Fsp3) is 0.556. The zero-order valence-corrected chi connectivity index (χ0v) is 15.1. The van der Waals surface area contributed by atoms with E-state index in [4.69, 9.17) is 4.74 Å². The topological polar surface area (TPSA) is 104 Å². The minimum atomic E-state index is -0.717. The second-order valence-electron chi connectivity index (χ2n) is 7.12. The number of rotatable bonds is 2. The maximum absolute atomic E-state index is 12.6. The van der Waals surface area contributed by atoms with Crippen LogP contribution in [0.15, 0.2) is 18.3 Å². The number of nitrogens with zero attached hydrogens (tertiary/aromatic N) is 3. The summed E-state index contributed by atoms with van der Waals surface area (Å²) in [7, 11) is 0. The molecule has 2 fully saturated rings. The molecule has 2 N–H and O–H groups in total. The van der Waals surface area contributed by atoms with Gasteiger partial charge >= 0.3 is 0 Å². The molecule has 3 aliphatic heterocycles. The molecule has 0 radical (unpaired) electrons. The van der Waals surface area contributed by atoms with Crippen LogP contribution in [0.4, 0.5) is 5.82 Å². The van der Waals surface area contributed by atoms with Crippen LogP contribution in [0.5, 0.6) is 0 Å². The number of amides is 3. The highest BCUT2D eigenvalue weighted by Gasteiger charge is 2.41. The van der Waals surface area contributed by atoms with Gasteiger partial charge in [-0.2, -0.15) is 0 Å². The van der Waals surface area contributed by atoms with E-state index in [0.717, 1.165) is 0 Å². The van der Waals surface area contributed by atoms with E-state index in [1.807, 2.05) is 0 Å². The first kappa shape index (κ1) is 17.7. The van der Waals surface area contributed by atoms with Gasteiger partial charge in [0.1, 0.15) is 11.5 Å². The lowest BCUT2D eigenvalue weighted by molar-refractivity contribution is -0.142. The first-order valence-electron chi connectivity index (χ1n) is 9.25. The van der Waals surface area contributed by atoms with E-state index in [1.165, 1.54) is 0 Å². The molecule has 2 saturated heterocycles. The van der Waals surface area contributed by atoms with Gasteiger partial charge in [-0.25, -0.2) is 4.98 Å². The molecule has 9 nitrogen and oxygen atoms in total. The SMILES string of the molecule is O=C1N[C@@]2(CCC(=O)N(CC(=O)N3CCOCC3)CC2)Nc2ncccc21. The van der Waals surface area contributed by atoms with Crippen molar-refractivity contribution in [3.05, 3.63) is 23.9 Å². The second kappa shape index (κ2) is 7.15. The summed E-state index contributed by atoms with van der Waals surface area (Å²) in [4.78, 5) is 45.1. The fourth-order valence-electron chi connectivity index (χ4n) is 3.78. The molecule has 4 heterocycles. The van der Waals surface area contributed by atoms with Gasteiger partial charge in [-0.3, -0.25) is 14.4 Å².